The third-order valence-corrected chi connectivity index (χ3v) is 7.25. The van der Waals surface area contributed by atoms with E-state index in [0.717, 1.165) is 5.56 Å². The molecule has 1 amide bonds. The number of nitrogens with zero attached hydrogens (tertiary/aromatic N) is 1. The molecule has 9 heteroatoms. The minimum Gasteiger partial charge on any atom is -0.489 e. The highest BCUT2D eigenvalue weighted by Gasteiger charge is 2.32. The Morgan fingerprint density at radius 3 is 2.50 bits per heavy atom. The van der Waals surface area contributed by atoms with Crippen molar-refractivity contribution in [3.8, 4) is 5.75 Å². The summed E-state index contributed by atoms with van der Waals surface area (Å²) in [6, 6.07) is 13.4. The van der Waals surface area contributed by atoms with Gasteiger partial charge < -0.3 is 15.2 Å². The number of nitrogens with one attached hydrogen (secondary N) is 1. The zero-order valence-corrected chi connectivity index (χ0v) is 18.2. The number of benzene rings is 2. The molecule has 1 atom stereocenters. The van der Waals surface area contributed by atoms with Gasteiger partial charge in [0, 0.05) is 13.1 Å². The first-order valence-electron chi connectivity index (χ1n) is 9.69. The summed E-state index contributed by atoms with van der Waals surface area (Å²) in [6.45, 7) is 2.57. The number of hydrogen-bond donors (Lipinski definition) is 2. The highest BCUT2D eigenvalue weighted by atomic mass is 35.5. The molecular weight excluding hydrogens is 428 g/mol. The molecule has 30 heavy (non-hydrogen) atoms. The number of carboxylic acid groups (broad SMARTS) is 1. The van der Waals surface area contributed by atoms with Crippen LogP contribution in [-0.4, -0.2) is 48.9 Å². The molecule has 0 saturated carbocycles. The van der Waals surface area contributed by atoms with E-state index in [4.69, 9.17) is 21.4 Å². The maximum absolute atomic E-state index is 12.9. The van der Waals surface area contributed by atoms with E-state index >= 15 is 0 Å². The number of amides is 1. The summed E-state index contributed by atoms with van der Waals surface area (Å²) in [5.41, 5.74) is 1.65. The smallest absolute Gasteiger partial charge is 0.405 e. The molecule has 2 N–H and O–H groups in total. The molecule has 1 unspecified atom stereocenters. The van der Waals surface area contributed by atoms with Gasteiger partial charge in [0.25, 0.3) is 0 Å². The molecule has 3 rings (SSSR count). The molecular formula is C21H25ClN2O5S. The summed E-state index contributed by atoms with van der Waals surface area (Å²) in [5, 5.41) is 12.0. The van der Waals surface area contributed by atoms with Crippen LogP contribution in [0.15, 0.2) is 48.5 Å². The average molecular weight is 453 g/mol. The summed E-state index contributed by atoms with van der Waals surface area (Å²) in [4.78, 5) is 11.2. The first kappa shape index (κ1) is 22.4. The minimum atomic E-state index is -3.66. The molecule has 1 saturated heterocycles. The van der Waals surface area contributed by atoms with Gasteiger partial charge in [-0.15, -0.1) is 0 Å². The Balaban J connectivity index is 1.62. The topological polar surface area (TPSA) is 95.9 Å². The van der Waals surface area contributed by atoms with Crippen LogP contribution >= 0.6 is 11.6 Å². The minimum absolute atomic E-state index is 0.126. The molecule has 0 bridgehead atoms. The van der Waals surface area contributed by atoms with Gasteiger partial charge in [-0.1, -0.05) is 48.0 Å². The van der Waals surface area contributed by atoms with Crippen molar-refractivity contribution in [2.45, 2.75) is 31.9 Å². The number of sulfonamides is 1. The Kier molecular flexibility index (Phi) is 7.23. The van der Waals surface area contributed by atoms with Crippen LogP contribution in [0.4, 0.5) is 4.79 Å². The lowest BCUT2D eigenvalue weighted by molar-refractivity contribution is 0.135. The van der Waals surface area contributed by atoms with E-state index < -0.39 is 22.2 Å². The van der Waals surface area contributed by atoms with Crippen molar-refractivity contribution >= 4 is 27.7 Å². The number of ether oxygens (including phenoxy) is 1. The molecule has 1 heterocycles. The van der Waals surface area contributed by atoms with Gasteiger partial charge in [-0.2, -0.15) is 0 Å². The number of halogens is 1. The Morgan fingerprint density at radius 2 is 1.90 bits per heavy atom. The predicted octanol–water partition coefficient (Wildman–Crippen LogP) is 3.83. The normalized spacial score (nSPS) is 16.7. The molecule has 162 valence electrons. The third-order valence-electron chi connectivity index (χ3n) is 5.05. The molecule has 7 nitrogen and oxygen atoms in total. The molecule has 0 radical (unpaired) electrons. The second-order valence-electron chi connectivity index (χ2n) is 7.34. The van der Waals surface area contributed by atoms with Gasteiger partial charge in [0.2, 0.25) is 10.0 Å². The van der Waals surface area contributed by atoms with E-state index in [2.05, 4.69) is 5.32 Å². The number of hydrogen-bond acceptors (Lipinski definition) is 4. The molecule has 0 aromatic heterocycles. The van der Waals surface area contributed by atoms with Crippen LogP contribution in [0.3, 0.4) is 0 Å². The van der Waals surface area contributed by atoms with Crippen molar-refractivity contribution in [1.29, 1.82) is 0 Å². The molecule has 1 fully saturated rings. The van der Waals surface area contributed by atoms with Crippen LogP contribution in [0.5, 0.6) is 5.75 Å². The molecule has 2 aromatic carbocycles. The van der Waals surface area contributed by atoms with E-state index in [0.29, 0.717) is 42.3 Å². The van der Waals surface area contributed by atoms with Crippen molar-refractivity contribution in [3.63, 3.8) is 0 Å². The van der Waals surface area contributed by atoms with Crippen LogP contribution < -0.4 is 10.1 Å². The zero-order valence-electron chi connectivity index (χ0n) is 16.6. The second kappa shape index (κ2) is 9.68. The van der Waals surface area contributed by atoms with E-state index in [1.807, 2.05) is 25.1 Å². The van der Waals surface area contributed by atoms with Gasteiger partial charge in [-0.25, -0.2) is 17.5 Å². The van der Waals surface area contributed by atoms with Gasteiger partial charge in [0.1, 0.15) is 11.9 Å². The predicted molar refractivity (Wildman–Crippen MR) is 116 cm³/mol. The highest BCUT2D eigenvalue weighted by Crippen LogP contribution is 2.29. The molecule has 2 aromatic rings. The van der Waals surface area contributed by atoms with E-state index in [-0.39, 0.29) is 11.9 Å². The van der Waals surface area contributed by atoms with Gasteiger partial charge in [0.05, 0.1) is 16.8 Å². The van der Waals surface area contributed by atoms with Crippen LogP contribution in [0.1, 0.15) is 30.0 Å². The van der Waals surface area contributed by atoms with Gasteiger partial charge in [-0.05, 0) is 43.0 Å². The SMILES string of the molecule is Cc1ccc(OC2CCN(S(=O)(=O)CC(NC(=O)O)c3ccccc3)CC2)c(Cl)c1. The monoisotopic (exact) mass is 452 g/mol. The molecule has 1 aliphatic heterocycles. The summed E-state index contributed by atoms with van der Waals surface area (Å²) in [7, 11) is -3.66. The van der Waals surface area contributed by atoms with E-state index in [1.165, 1.54) is 4.31 Å². The van der Waals surface area contributed by atoms with Crippen molar-refractivity contribution in [3.05, 3.63) is 64.7 Å². The lowest BCUT2D eigenvalue weighted by Gasteiger charge is -2.32. The lowest BCUT2D eigenvalue weighted by Crippen LogP contribution is -2.45. The van der Waals surface area contributed by atoms with Crippen molar-refractivity contribution in [1.82, 2.24) is 9.62 Å². The fraction of sp³-hybridized carbons (Fsp3) is 0.381. The number of carbonyl (C=O) groups is 1. The summed E-state index contributed by atoms with van der Waals surface area (Å²) in [5.74, 6) is 0.261. The van der Waals surface area contributed by atoms with Crippen LogP contribution in [0.25, 0.3) is 0 Å². The zero-order chi connectivity index (χ0) is 21.7. The Labute approximate surface area is 181 Å². The molecule has 1 aliphatic rings. The maximum atomic E-state index is 12.9. The Bertz CT molecular complexity index is 976. The number of piperidine rings is 1. The first-order valence-corrected chi connectivity index (χ1v) is 11.7. The summed E-state index contributed by atoms with van der Waals surface area (Å²) in [6.07, 6.45) is -0.322. The second-order valence-corrected chi connectivity index (χ2v) is 9.76. The van der Waals surface area contributed by atoms with E-state index in [9.17, 15) is 13.2 Å². The molecule has 0 aliphatic carbocycles. The summed E-state index contributed by atoms with van der Waals surface area (Å²) >= 11 is 6.22. The first-order chi connectivity index (χ1) is 14.2. The number of rotatable bonds is 7. The largest absolute Gasteiger partial charge is 0.489 e. The van der Waals surface area contributed by atoms with Crippen molar-refractivity contribution < 1.29 is 23.1 Å². The van der Waals surface area contributed by atoms with Crippen LogP contribution in [0, 0.1) is 6.92 Å². The van der Waals surface area contributed by atoms with Gasteiger partial charge in [-0.3, -0.25) is 0 Å². The standard InChI is InChI=1S/C21H25ClN2O5S/c1-15-7-8-20(18(22)13-15)29-17-9-11-24(12-10-17)30(27,28)14-19(23-21(25)26)16-5-3-2-4-6-16/h2-8,13,17,19,23H,9-12,14H2,1H3,(H,25,26). The quantitative estimate of drug-likeness (QED) is 0.665. The Morgan fingerprint density at radius 1 is 1.23 bits per heavy atom. The van der Waals surface area contributed by atoms with Crippen LogP contribution in [-0.2, 0) is 10.0 Å². The van der Waals surface area contributed by atoms with Gasteiger partial charge in [0.15, 0.2) is 0 Å². The Hall–Kier alpha value is -2.29. The lowest BCUT2D eigenvalue weighted by atomic mass is 10.1. The summed E-state index contributed by atoms with van der Waals surface area (Å²) < 4.78 is 33.2. The van der Waals surface area contributed by atoms with E-state index in [1.54, 1.807) is 30.3 Å². The van der Waals surface area contributed by atoms with Crippen LogP contribution in [0.2, 0.25) is 5.02 Å². The third kappa shape index (κ3) is 5.87. The van der Waals surface area contributed by atoms with Crippen molar-refractivity contribution in [2.24, 2.45) is 0 Å². The molecule has 0 spiro atoms. The number of aryl methyl sites for hydroxylation is 1. The fourth-order valence-corrected chi connectivity index (χ4v) is 5.44. The average Bonchev–Trinajstić information content (AvgIpc) is 2.70. The maximum Gasteiger partial charge on any atom is 0.405 e. The highest BCUT2D eigenvalue weighted by molar-refractivity contribution is 7.89. The van der Waals surface area contributed by atoms with Crippen molar-refractivity contribution in [2.75, 3.05) is 18.8 Å². The van der Waals surface area contributed by atoms with Gasteiger partial charge >= 0.3 is 6.09 Å². The fourth-order valence-electron chi connectivity index (χ4n) is 3.48.